The molecule has 1 aliphatic rings. The predicted octanol–water partition coefficient (Wildman–Crippen LogP) is 0.478. The second kappa shape index (κ2) is 5.69. The molecule has 1 fully saturated rings. The van der Waals surface area contributed by atoms with Crippen molar-refractivity contribution >= 4 is 17.5 Å². The summed E-state index contributed by atoms with van der Waals surface area (Å²) in [6.07, 6.45) is 0.892. The zero-order chi connectivity index (χ0) is 13.1. The van der Waals surface area contributed by atoms with Gasteiger partial charge in [0.25, 0.3) is 5.91 Å². The Labute approximate surface area is 110 Å². The summed E-state index contributed by atoms with van der Waals surface area (Å²) in [7, 11) is 1.65. The van der Waals surface area contributed by atoms with Crippen LogP contribution in [0.4, 0.5) is 0 Å². The van der Waals surface area contributed by atoms with E-state index < -0.39 is 0 Å². The summed E-state index contributed by atoms with van der Waals surface area (Å²) in [6.45, 7) is 3.35. The molecule has 0 saturated carbocycles. The number of carbonyl (C=O) groups excluding carboxylic acids is 1. The number of piperidine rings is 1. The first-order chi connectivity index (χ1) is 8.63. The minimum atomic E-state index is -0.278. The number of aromatic amines is 1. The average molecular weight is 273 g/mol. The van der Waals surface area contributed by atoms with Crippen LogP contribution in [0.1, 0.15) is 22.6 Å². The Morgan fingerprint density at radius 2 is 2.39 bits per heavy atom. The number of aryl methyl sites for hydroxylation is 1. The number of nitrogens with zero attached hydrogens (tertiary/aromatic N) is 1. The van der Waals surface area contributed by atoms with Crippen LogP contribution in [0.5, 0.6) is 0 Å². The van der Waals surface area contributed by atoms with Gasteiger partial charge >= 0.3 is 0 Å². The zero-order valence-electron chi connectivity index (χ0n) is 10.4. The third-order valence-corrected chi connectivity index (χ3v) is 3.59. The summed E-state index contributed by atoms with van der Waals surface area (Å²) < 4.78 is 5.36. The van der Waals surface area contributed by atoms with E-state index in [1.54, 1.807) is 14.0 Å². The van der Waals surface area contributed by atoms with E-state index in [4.69, 9.17) is 16.3 Å². The molecule has 3 N–H and O–H groups in total. The molecule has 100 valence electrons. The van der Waals surface area contributed by atoms with Crippen molar-refractivity contribution < 1.29 is 9.53 Å². The number of methoxy groups -OCH3 is 1. The first-order valence-corrected chi connectivity index (χ1v) is 6.26. The van der Waals surface area contributed by atoms with E-state index in [0.29, 0.717) is 17.3 Å². The molecule has 2 heterocycles. The van der Waals surface area contributed by atoms with Gasteiger partial charge < -0.3 is 15.4 Å². The lowest BCUT2D eigenvalue weighted by molar-refractivity contribution is 0.0446. The van der Waals surface area contributed by atoms with Crippen LogP contribution in [0.15, 0.2) is 0 Å². The standard InChI is InChI=1S/C11H17ClN4O2/c1-6-9(12)10(16-15-6)11(17)14-7-5-13-4-3-8(7)18-2/h7-8,13H,3-5H2,1-2H3,(H,14,17)(H,15,16)/t7-,8+/m0/s1. The van der Waals surface area contributed by atoms with Gasteiger partial charge in [-0.3, -0.25) is 9.89 Å². The molecule has 0 spiro atoms. The highest BCUT2D eigenvalue weighted by atomic mass is 35.5. The summed E-state index contributed by atoms with van der Waals surface area (Å²) in [4.78, 5) is 12.0. The largest absolute Gasteiger partial charge is 0.379 e. The number of H-pyrrole nitrogens is 1. The summed E-state index contributed by atoms with van der Waals surface area (Å²) >= 11 is 5.99. The molecule has 1 amide bonds. The molecule has 2 rings (SSSR count). The molecule has 1 aliphatic heterocycles. The van der Waals surface area contributed by atoms with E-state index in [1.807, 2.05) is 0 Å². The van der Waals surface area contributed by atoms with Crippen LogP contribution in [-0.2, 0) is 4.74 Å². The van der Waals surface area contributed by atoms with Gasteiger partial charge in [-0.25, -0.2) is 0 Å². The van der Waals surface area contributed by atoms with E-state index in [9.17, 15) is 4.79 Å². The smallest absolute Gasteiger partial charge is 0.273 e. The highest BCUT2D eigenvalue weighted by molar-refractivity contribution is 6.34. The molecule has 18 heavy (non-hydrogen) atoms. The highest BCUT2D eigenvalue weighted by Crippen LogP contribution is 2.17. The number of hydrogen-bond donors (Lipinski definition) is 3. The third kappa shape index (κ3) is 2.66. The van der Waals surface area contributed by atoms with Gasteiger partial charge in [-0.05, 0) is 19.9 Å². The van der Waals surface area contributed by atoms with Gasteiger partial charge in [0.15, 0.2) is 5.69 Å². The molecule has 0 bridgehead atoms. The van der Waals surface area contributed by atoms with Crippen LogP contribution < -0.4 is 10.6 Å². The van der Waals surface area contributed by atoms with Crippen LogP contribution in [-0.4, -0.2) is 48.4 Å². The normalized spacial score (nSPS) is 23.9. The number of ether oxygens (including phenoxy) is 1. The van der Waals surface area contributed by atoms with Crippen molar-refractivity contribution in [2.75, 3.05) is 20.2 Å². The molecular formula is C11H17ClN4O2. The number of rotatable bonds is 3. The van der Waals surface area contributed by atoms with Gasteiger partial charge in [-0.15, -0.1) is 0 Å². The Balaban J connectivity index is 2.04. The van der Waals surface area contributed by atoms with E-state index in [1.165, 1.54) is 0 Å². The number of aromatic nitrogens is 2. The Kier molecular flexibility index (Phi) is 4.21. The Morgan fingerprint density at radius 1 is 1.61 bits per heavy atom. The molecule has 7 heteroatoms. The van der Waals surface area contributed by atoms with E-state index >= 15 is 0 Å². The fourth-order valence-corrected chi connectivity index (χ4v) is 2.23. The molecule has 6 nitrogen and oxygen atoms in total. The average Bonchev–Trinajstić information content (AvgIpc) is 2.71. The minimum Gasteiger partial charge on any atom is -0.379 e. The molecule has 0 aliphatic carbocycles. The van der Waals surface area contributed by atoms with Crippen LogP contribution in [0, 0.1) is 6.92 Å². The first-order valence-electron chi connectivity index (χ1n) is 5.88. The zero-order valence-corrected chi connectivity index (χ0v) is 11.2. The summed E-state index contributed by atoms with van der Waals surface area (Å²) in [5.74, 6) is -0.278. The Hall–Kier alpha value is -1.11. The van der Waals surface area contributed by atoms with Gasteiger partial charge in [0.2, 0.25) is 0 Å². The van der Waals surface area contributed by atoms with Gasteiger partial charge in [0.1, 0.15) is 0 Å². The number of halogens is 1. The summed E-state index contributed by atoms with van der Waals surface area (Å²) in [6, 6.07) is -0.0654. The van der Waals surface area contributed by atoms with Gasteiger partial charge in [0, 0.05) is 13.7 Å². The molecular weight excluding hydrogens is 256 g/mol. The second-order valence-corrected chi connectivity index (χ2v) is 4.74. The van der Waals surface area contributed by atoms with Gasteiger partial charge in [-0.1, -0.05) is 11.6 Å². The monoisotopic (exact) mass is 272 g/mol. The molecule has 1 aromatic heterocycles. The van der Waals surface area contributed by atoms with Crippen molar-refractivity contribution in [3.05, 3.63) is 16.4 Å². The minimum absolute atomic E-state index is 0.0222. The fraction of sp³-hybridized carbons (Fsp3) is 0.636. The van der Waals surface area contributed by atoms with Crippen LogP contribution in [0.25, 0.3) is 0 Å². The SMILES string of the molecule is CO[C@@H]1CCNC[C@@H]1NC(=O)c1n[nH]c(C)c1Cl. The first kappa shape index (κ1) is 13.3. The quantitative estimate of drug-likeness (QED) is 0.748. The molecule has 0 unspecified atom stereocenters. The number of hydrogen-bond acceptors (Lipinski definition) is 4. The van der Waals surface area contributed by atoms with Crippen molar-refractivity contribution in [2.45, 2.75) is 25.5 Å². The van der Waals surface area contributed by atoms with Crippen LogP contribution in [0.2, 0.25) is 5.02 Å². The third-order valence-electron chi connectivity index (χ3n) is 3.13. The van der Waals surface area contributed by atoms with Gasteiger partial charge in [-0.2, -0.15) is 5.10 Å². The van der Waals surface area contributed by atoms with Crippen molar-refractivity contribution in [2.24, 2.45) is 0 Å². The maximum atomic E-state index is 12.0. The van der Waals surface area contributed by atoms with Crippen molar-refractivity contribution in [3.8, 4) is 0 Å². The maximum absolute atomic E-state index is 12.0. The Morgan fingerprint density at radius 3 is 3.00 bits per heavy atom. The van der Waals surface area contributed by atoms with E-state index in [-0.39, 0.29) is 23.7 Å². The number of nitrogens with one attached hydrogen (secondary N) is 3. The van der Waals surface area contributed by atoms with E-state index in [0.717, 1.165) is 13.0 Å². The molecule has 0 aromatic carbocycles. The summed E-state index contributed by atoms with van der Waals surface area (Å²) in [5, 5.41) is 13.1. The van der Waals surface area contributed by atoms with Crippen molar-refractivity contribution in [1.29, 1.82) is 0 Å². The summed E-state index contributed by atoms with van der Waals surface area (Å²) in [5.41, 5.74) is 0.918. The van der Waals surface area contributed by atoms with E-state index in [2.05, 4.69) is 20.8 Å². The maximum Gasteiger partial charge on any atom is 0.273 e. The predicted molar refractivity (Wildman–Crippen MR) is 67.9 cm³/mol. The lowest BCUT2D eigenvalue weighted by atomic mass is 10.0. The van der Waals surface area contributed by atoms with Crippen LogP contribution in [0.3, 0.4) is 0 Å². The van der Waals surface area contributed by atoms with Crippen molar-refractivity contribution in [3.63, 3.8) is 0 Å². The van der Waals surface area contributed by atoms with Crippen molar-refractivity contribution in [1.82, 2.24) is 20.8 Å². The molecule has 1 aromatic rings. The molecule has 1 saturated heterocycles. The lowest BCUT2D eigenvalue weighted by Gasteiger charge is -2.31. The second-order valence-electron chi connectivity index (χ2n) is 4.36. The topological polar surface area (TPSA) is 79.0 Å². The highest BCUT2D eigenvalue weighted by Gasteiger charge is 2.28. The fourth-order valence-electron chi connectivity index (χ4n) is 2.06. The van der Waals surface area contributed by atoms with Gasteiger partial charge in [0.05, 0.1) is 22.9 Å². The Bertz CT molecular complexity index is 435. The van der Waals surface area contributed by atoms with Crippen LogP contribution >= 0.6 is 11.6 Å². The lowest BCUT2D eigenvalue weighted by Crippen LogP contribution is -2.54. The number of carbonyl (C=O) groups is 1. The molecule has 0 radical (unpaired) electrons. The molecule has 2 atom stereocenters. The number of amides is 1.